The molecule has 0 aliphatic rings. The van der Waals surface area contributed by atoms with Crippen molar-refractivity contribution in [1.29, 1.82) is 0 Å². The third-order valence-corrected chi connectivity index (χ3v) is 5.87. The van der Waals surface area contributed by atoms with Gasteiger partial charge in [0.25, 0.3) is 0 Å². The molecule has 0 saturated heterocycles. The highest BCUT2D eigenvalue weighted by molar-refractivity contribution is 9.10. The molecule has 0 radical (unpaired) electrons. The molecule has 0 aliphatic heterocycles. The molecule has 0 amide bonds. The van der Waals surface area contributed by atoms with Gasteiger partial charge in [-0.05, 0) is 66.9 Å². The molecular weight excluding hydrogens is 402 g/mol. The summed E-state index contributed by atoms with van der Waals surface area (Å²) < 4.78 is 8.61. The number of rotatable bonds is 4. The average Bonchev–Trinajstić information content (AvgIpc) is 3.04. The van der Waals surface area contributed by atoms with Crippen LogP contribution in [0.4, 0.5) is 0 Å². The third-order valence-electron chi connectivity index (χ3n) is 3.26. The van der Waals surface area contributed by atoms with Gasteiger partial charge in [-0.15, -0.1) is 11.3 Å². The van der Waals surface area contributed by atoms with Gasteiger partial charge in [-0.3, -0.25) is 0 Å². The highest BCUT2D eigenvalue weighted by Gasteiger charge is 2.21. The van der Waals surface area contributed by atoms with Crippen LogP contribution in [-0.2, 0) is 0 Å². The Kier molecular flexibility index (Phi) is 4.31. The van der Waals surface area contributed by atoms with Crippen LogP contribution in [0.5, 0.6) is 0 Å². The largest absolute Gasteiger partial charge is 0.457 e. The fourth-order valence-corrected chi connectivity index (χ4v) is 4.48. The van der Waals surface area contributed by atoms with Gasteiger partial charge in [0.15, 0.2) is 4.67 Å². The van der Waals surface area contributed by atoms with Crippen LogP contribution in [0.2, 0.25) is 0 Å². The van der Waals surface area contributed by atoms with E-state index < -0.39 is 0 Å². The number of hydrogen-bond acceptors (Lipinski definition) is 3. The van der Waals surface area contributed by atoms with Gasteiger partial charge in [-0.2, -0.15) is 0 Å². The van der Waals surface area contributed by atoms with Crippen molar-refractivity contribution < 1.29 is 4.42 Å². The minimum absolute atomic E-state index is 0.135. The topological polar surface area (TPSA) is 25.2 Å². The van der Waals surface area contributed by atoms with Crippen molar-refractivity contribution in [2.45, 2.75) is 13.0 Å². The summed E-state index contributed by atoms with van der Waals surface area (Å²) in [6.45, 7) is 3.01. The smallest absolute Gasteiger partial charge is 0.174 e. The van der Waals surface area contributed by atoms with E-state index in [1.165, 1.54) is 15.6 Å². The maximum atomic E-state index is 5.40. The van der Waals surface area contributed by atoms with Gasteiger partial charge < -0.3 is 9.73 Å². The quantitative estimate of drug-likeness (QED) is 0.590. The molecule has 2 heterocycles. The van der Waals surface area contributed by atoms with E-state index in [0.717, 1.165) is 21.3 Å². The molecule has 5 heteroatoms. The Morgan fingerprint density at radius 1 is 1.25 bits per heavy atom. The summed E-state index contributed by atoms with van der Waals surface area (Å²) in [7, 11) is 0. The van der Waals surface area contributed by atoms with Crippen LogP contribution < -0.4 is 5.32 Å². The molecule has 1 aromatic carbocycles. The Morgan fingerprint density at radius 2 is 2.10 bits per heavy atom. The number of halogens is 2. The molecule has 104 valence electrons. The summed E-state index contributed by atoms with van der Waals surface area (Å²) in [5, 5.41) is 7.05. The summed E-state index contributed by atoms with van der Waals surface area (Å²) in [6, 6.07) is 8.48. The third kappa shape index (κ3) is 2.48. The van der Waals surface area contributed by atoms with Crippen molar-refractivity contribution in [3.8, 4) is 0 Å². The van der Waals surface area contributed by atoms with Crippen LogP contribution in [0.15, 0.2) is 49.5 Å². The first-order chi connectivity index (χ1) is 9.72. The molecule has 2 aromatic heterocycles. The number of hydrogen-bond donors (Lipinski definition) is 1. The summed E-state index contributed by atoms with van der Waals surface area (Å²) in [5.41, 5.74) is 2.42. The van der Waals surface area contributed by atoms with E-state index in [0.29, 0.717) is 0 Å². The lowest BCUT2D eigenvalue weighted by molar-refractivity contribution is 0.527. The Bertz CT molecular complexity index is 734. The van der Waals surface area contributed by atoms with Crippen molar-refractivity contribution in [2.75, 3.05) is 6.54 Å². The zero-order valence-electron chi connectivity index (χ0n) is 10.8. The molecule has 1 atom stereocenters. The van der Waals surface area contributed by atoms with Crippen molar-refractivity contribution in [1.82, 2.24) is 5.32 Å². The summed E-state index contributed by atoms with van der Waals surface area (Å²) in [5.74, 6) is 0. The first-order valence-electron chi connectivity index (χ1n) is 6.34. The predicted octanol–water partition coefficient (Wildman–Crippen LogP) is 5.72. The van der Waals surface area contributed by atoms with E-state index in [1.54, 1.807) is 17.6 Å². The molecule has 3 rings (SSSR count). The highest BCUT2D eigenvalue weighted by atomic mass is 79.9. The second-order valence-corrected chi connectivity index (χ2v) is 6.90. The SMILES string of the molecule is CCNC(c1ccoc1Br)c1csc2c(Br)cccc12. The van der Waals surface area contributed by atoms with Gasteiger partial charge in [0.05, 0.1) is 12.3 Å². The van der Waals surface area contributed by atoms with Crippen molar-refractivity contribution >= 4 is 53.3 Å². The Hall–Kier alpha value is -0.620. The summed E-state index contributed by atoms with van der Waals surface area (Å²) in [4.78, 5) is 0. The Labute approximate surface area is 138 Å². The van der Waals surface area contributed by atoms with Gasteiger partial charge in [0, 0.05) is 14.7 Å². The lowest BCUT2D eigenvalue weighted by Crippen LogP contribution is -2.21. The average molecular weight is 415 g/mol. The van der Waals surface area contributed by atoms with Crippen LogP contribution in [0, 0.1) is 0 Å². The monoisotopic (exact) mass is 413 g/mol. The minimum atomic E-state index is 0.135. The van der Waals surface area contributed by atoms with Crippen LogP contribution in [0.1, 0.15) is 24.1 Å². The second-order valence-electron chi connectivity index (χ2n) is 4.45. The molecule has 0 saturated carbocycles. The number of thiophene rings is 1. The molecule has 20 heavy (non-hydrogen) atoms. The molecule has 0 aliphatic carbocycles. The van der Waals surface area contributed by atoms with E-state index in [4.69, 9.17) is 4.42 Å². The highest BCUT2D eigenvalue weighted by Crippen LogP contribution is 2.39. The minimum Gasteiger partial charge on any atom is -0.457 e. The van der Waals surface area contributed by atoms with E-state index in [9.17, 15) is 0 Å². The van der Waals surface area contributed by atoms with Gasteiger partial charge in [-0.1, -0.05) is 19.1 Å². The van der Waals surface area contributed by atoms with E-state index in [1.807, 2.05) is 6.07 Å². The van der Waals surface area contributed by atoms with Crippen LogP contribution >= 0.6 is 43.2 Å². The molecule has 0 bridgehead atoms. The van der Waals surface area contributed by atoms with E-state index in [-0.39, 0.29) is 6.04 Å². The Morgan fingerprint density at radius 3 is 2.80 bits per heavy atom. The Balaban J connectivity index is 2.15. The van der Waals surface area contributed by atoms with Gasteiger partial charge in [-0.25, -0.2) is 0 Å². The first kappa shape index (κ1) is 14.3. The lowest BCUT2D eigenvalue weighted by Gasteiger charge is -2.16. The fraction of sp³-hybridized carbons (Fsp3) is 0.200. The van der Waals surface area contributed by atoms with Gasteiger partial charge in [0.2, 0.25) is 0 Å². The molecule has 1 unspecified atom stereocenters. The maximum Gasteiger partial charge on any atom is 0.174 e. The predicted molar refractivity (Wildman–Crippen MR) is 91.5 cm³/mol. The van der Waals surface area contributed by atoms with Crippen LogP contribution in [0.3, 0.4) is 0 Å². The maximum absolute atomic E-state index is 5.40. The van der Waals surface area contributed by atoms with E-state index in [2.05, 4.69) is 67.7 Å². The van der Waals surface area contributed by atoms with Crippen LogP contribution in [0.25, 0.3) is 10.1 Å². The second kappa shape index (κ2) is 6.02. The molecule has 1 N–H and O–H groups in total. The molecule has 2 nitrogen and oxygen atoms in total. The standard InChI is InChI=1S/C15H13Br2NOS/c1-2-18-13(10-6-7-19-15(10)17)11-8-20-14-9(11)4-3-5-12(14)16/h3-8,13,18H,2H2,1H3. The number of nitrogens with one attached hydrogen (secondary N) is 1. The van der Waals surface area contributed by atoms with Gasteiger partial charge in [0.1, 0.15) is 0 Å². The molecule has 0 fully saturated rings. The lowest BCUT2D eigenvalue weighted by atomic mass is 10.0. The van der Waals surface area contributed by atoms with Crippen LogP contribution in [-0.4, -0.2) is 6.54 Å². The molecule has 0 spiro atoms. The van der Waals surface area contributed by atoms with Crippen molar-refractivity contribution in [2.24, 2.45) is 0 Å². The number of furan rings is 1. The zero-order chi connectivity index (χ0) is 14.1. The zero-order valence-corrected chi connectivity index (χ0v) is 14.8. The molecular formula is C15H13Br2NOS. The molecule has 3 aromatic rings. The summed E-state index contributed by atoms with van der Waals surface area (Å²) >= 11 is 8.88. The first-order valence-corrected chi connectivity index (χ1v) is 8.80. The van der Waals surface area contributed by atoms with Gasteiger partial charge >= 0.3 is 0 Å². The normalized spacial score (nSPS) is 12.9. The number of fused-ring (bicyclic) bond motifs is 1. The van der Waals surface area contributed by atoms with E-state index >= 15 is 0 Å². The number of benzene rings is 1. The van der Waals surface area contributed by atoms with Crippen molar-refractivity contribution in [3.63, 3.8) is 0 Å². The summed E-state index contributed by atoms with van der Waals surface area (Å²) in [6.07, 6.45) is 1.72. The fourth-order valence-electron chi connectivity index (χ4n) is 2.37. The van der Waals surface area contributed by atoms with Crippen molar-refractivity contribution in [3.05, 3.63) is 56.2 Å².